The van der Waals surface area contributed by atoms with E-state index < -0.39 is 17.7 Å². The average Bonchev–Trinajstić information content (AvgIpc) is 2.30. The average molecular weight is 247 g/mol. The molecule has 0 aliphatic carbocycles. The zero-order valence-electron chi connectivity index (χ0n) is 9.67. The first-order valence-corrected chi connectivity index (χ1v) is 5.15. The third-order valence-electron chi connectivity index (χ3n) is 1.90. The monoisotopic (exact) mass is 247 g/mol. The number of rotatable bonds is 6. The van der Waals surface area contributed by atoms with Gasteiger partial charge in [0.2, 0.25) is 0 Å². The number of hydrazine groups is 1. The van der Waals surface area contributed by atoms with E-state index in [0.717, 1.165) is 0 Å². The van der Waals surface area contributed by atoms with Gasteiger partial charge in [-0.1, -0.05) is 0 Å². The highest BCUT2D eigenvalue weighted by molar-refractivity contribution is 5.38. The minimum atomic E-state index is -0.884. The van der Waals surface area contributed by atoms with Crippen LogP contribution < -0.4 is 16.0 Å². The van der Waals surface area contributed by atoms with Crippen molar-refractivity contribution in [3.05, 3.63) is 17.7 Å². The third kappa shape index (κ3) is 3.79. The minimum absolute atomic E-state index is 0.273. The molecule has 0 spiro atoms. The lowest BCUT2D eigenvalue weighted by atomic mass is 10.4. The van der Waals surface area contributed by atoms with Gasteiger partial charge < -0.3 is 14.9 Å². The van der Waals surface area contributed by atoms with Crippen LogP contribution in [-0.4, -0.2) is 24.3 Å². The molecule has 1 atom stereocenters. The van der Waals surface area contributed by atoms with Crippen LogP contribution in [0.4, 0.5) is 14.6 Å². The fourth-order valence-corrected chi connectivity index (χ4v) is 1.14. The van der Waals surface area contributed by atoms with E-state index in [4.69, 9.17) is 15.3 Å². The SMILES string of the molecule is CCOCC(C)Oc1nc(NN)c(F)cc1F. The Morgan fingerprint density at radius 2 is 2.18 bits per heavy atom. The first-order valence-electron chi connectivity index (χ1n) is 5.15. The molecule has 0 saturated carbocycles. The molecular formula is C10H15F2N3O2. The summed E-state index contributed by atoms with van der Waals surface area (Å²) in [4.78, 5) is 3.57. The molecule has 0 saturated heterocycles. The molecule has 1 unspecified atom stereocenters. The quantitative estimate of drug-likeness (QED) is 0.588. The number of nitrogens with one attached hydrogen (secondary N) is 1. The lowest BCUT2D eigenvalue weighted by Gasteiger charge is -2.14. The van der Waals surface area contributed by atoms with Gasteiger partial charge in [-0.25, -0.2) is 14.6 Å². The molecule has 1 rings (SSSR count). The number of anilines is 1. The van der Waals surface area contributed by atoms with Gasteiger partial charge in [-0.15, -0.1) is 0 Å². The van der Waals surface area contributed by atoms with Crippen molar-refractivity contribution in [3.8, 4) is 5.88 Å². The molecule has 0 radical (unpaired) electrons. The molecule has 96 valence electrons. The van der Waals surface area contributed by atoms with Crippen molar-refractivity contribution in [1.82, 2.24) is 4.98 Å². The van der Waals surface area contributed by atoms with Crippen molar-refractivity contribution in [2.45, 2.75) is 20.0 Å². The Morgan fingerprint density at radius 1 is 1.47 bits per heavy atom. The zero-order valence-corrected chi connectivity index (χ0v) is 9.67. The van der Waals surface area contributed by atoms with E-state index in [-0.39, 0.29) is 11.7 Å². The lowest BCUT2D eigenvalue weighted by molar-refractivity contribution is 0.0610. The van der Waals surface area contributed by atoms with Crippen LogP contribution in [0, 0.1) is 11.6 Å². The lowest BCUT2D eigenvalue weighted by Crippen LogP contribution is -2.21. The summed E-state index contributed by atoms with van der Waals surface area (Å²) in [6.07, 6.45) is -0.395. The molecule has 0 aliphatic heterocycles. The molecule has 1 aromatic rings. The maximum Gasteiger partial charge on any atom is 0.252 e. The predicted molar refractivity (Wildman–Crippen MR) is 58.5 cm³/mol. The third-order valence-corrected chi connectivity index (χ3v) is 1.90. The van der Waals surface area contributed by atoms with Crippen LogP contribution in [0.3, 0.4) is 0 Å². The molecule has 3 N–H and O–H groups in total. The van der Waals surface area contributed by atoms with E-state index in [1.54, 1.807) is 6.92 Å². The van der Waals surface area contributed by atoms with E-state index >= 15 is 0 Å². The summed E-state index contributed by atoms with van der Waals surface area (Å²) >= 11 is 0. The summed E-state index contributed by atoms with van der Waals surface area (Å²) in [6, 6.07) is 0.658. The van der Waals surface area contributed by atoms with Crippen molar-refractivity contribution >= 4 is 5.82 Å². The van der Waals surface area contributed by atoms with Crippen molar-refractivity contribution in [2.24, 2.45) is 5.84 Å². The zero-order chi connectivity index (χ0) is 12.8. The van der Waals surface area contributed by atoms with E-state index in [0.29, 0.717) is 19.3 Å². The Kier molecular flexibility index (Phi) is 5.05. The molecule has 0 aromatic carbocycles. The fourth-order valence-electron chi connectivity index (χ4n) is 1.14. The first kappa shape index (κ1) is 13.6. The van der Waals surface area contributed by atoms with Crippen molar-refractivity contribution in [1.29, 1.82) is 0 Å². The topological polar surface area (TPSA) is 69.4 Å². The maximum atomic E-state index is 13.3. The predicted octanol–water partition coefficient (Wildman–Crippen LogP) is 1.45. The van der Waals surface area contributed by atoms with Crippen LogP contribution in [0.25, 0.3) is 0 Å². The van der Waals surface area contributed by atoms with Gasteiger partial charge in [0.05, 0.1) is 6.61 Å². The molecule has 0 bridgehead atoms. The van der Waals surface area contributed by atoms with E-state index in [1.807, 2.05) is 12.3 Å². The number of nitrogens with two attached hydrogens (primary N) is 1. The number of hydrogen-bond donors (Lipinski definition) is 2. The molecule has 17 heavy (non-hydrogen) atoms. The Balaban J connectivity index is 2.76. The maximum absolute atomic E-state index is 13.3. The van der Waals surface area contributed by atoms with Crippen LogP contribution in [0.5, 0.6) is 5.88 Å². The number of pyridine rings is 1. The van der Waals surface area contributed by atoms with Gasteiger partial charge >= 0.3 is 0 Å². The summed E-state index contributed by atoms with van der Waals surface area (Å²) < 4.78 is 36.6. The van der Waals surface area contributed by atoms with Gasteiger partial charge in [-0.2, -0.15) is 4.98 Å². The van der Waals surface area contributed by atoms with Crippen LogP contribution in [0.15, 0.2) is 6.07 Å². The van der Waals surface area contributed by atoms with Gasteiger partial charge in [0.1, 0.15) is 6.10 Å². The van der Waals surface area contributed by atoms with E-state index in [1.165, 1.54) is 0 Å². The molecule has 1 heterocycles. The molecule has 0 aliphatic rings. The Labute approximate surface area is 97.9 Å². The summed E-state index contributed by atoms with van der Waals surface area (Å²) in [6.45, 7) is 4.35. The highest BCUT2D eigenvalue weighted by Gasteiger charge is 2.14. The number of hydrogen-bond acceptors (Lipinski definition) is 5. The van der Waals surface area contributed by atoms with Crippen LogP contribution in [0.1, 0.15) is 13.8 Å². The molecule has 0 amide bonds. The second-order valence-corrected chi connectivity index (χ2v) is 3.34. The molecule has 1 aromatic heterocycles. The molecule has 5 nitrogen and oxygen atoms in total. The van der Waals surface area contributed by atoms with Crippen LogP contribution >= 0.6 is 0 Å². The van der Waals surface area contributed by atoms with Crippen LogP contribution in [-0.2, 0) is 4.74 Å². The second-order valence-electron chi connectivity index (χ2n) is 3.34. The standard InChI is InChI=1S/C10H15F2N3O2/c1-3-16-5-6(2)17-10-8(12)4-7(11)9(14-10)15-13/h4,6H,3,5,13H2,1-2H3,(H,14,15). The molecule has 7 heteroatoms. The number of nitrogen functional groups attached to an aromatic ring is 1. The second kappa shape index (κ2) is 6.31. The number of aromatic nitrogens is 1. The van der Waals surface area contributed by atoms with E-state index in [2.05, 4.69) is 4.98 Å². The highest BCUT2D eigenvalue weighted by atomic mass is 19.1. The fraction of sp³-hybridized carbons (Fsp3) is 0.500. The Morgan fingerprint density at radius 3 is 2.76 bits per heavy atom. The Bertz CT molecular complexity index is 377. The Hall–Kier alpha value is -1.47. The highest BCUT2D eigenvalue weighted by Crippen LogP contribution is 2.21. The van der Waals surface area contributed by atoms with Crippen molar-refractivity contribution in [2.75, 3.05) is 18.6 Å². The van der Waals surface area contributed by atoms with Crippen molar-refractivity contribution in [3.63, 3.8) is 0 Å². The molecule has 0 fully saturated rings. The van der Waals surface area contributed by atoms with Crippen molar-refractivity contribution < 1.29 is 18.3 Å². The van der Waals surface area contributed by atoms with Gasteiger partial charge in [-0.3, -0.25) is 0 Å². The van der Waals surface area contributed by atoms with Gasteiger partial charge in [0, 0.05) is 12.7 Å². The first-order chi connectivity index (χ1) is 8.08. The minimum Gasteiger partial charge on any atom is -0.470 e. The number of ether oxygens (including phenoxy) is 2. The number of halogens is 2. The smallest absolute Gasteiger partial charge is 0.252 e. The van der Waals surface area contributed by atoms with Gasteiger partial charge in [-0.05, 0) is 13.8 Å². The van der Waals surface area contributed by atoms with E-state index in [9.17, 15) is 8.78 Å². The van der Waals surface area contributed by atoms with Gasteiger partial charge in [0.15, 0.2) is 17.5 Å². The summed E-state index contributed by atoms with van der Waals surface area (Å²) in [7, 11) is 0. The largest absolute Gasteiger partial charge is 0.470 e. The number of nitrogens with zero attached hydrogens (tertiary/aromatic N) is 1. The summed E-state index contributed by atoms with van der Waals surface area (Å²) in [5.74, 6) is 2.67. The summed E-state index contributed by atoms with van der Waals surface area (Å²) in [5, 5.41) is 0. The van der Waals surface area contributed by atoms with Crippen LogP contribution in [0.2, 0.25) is 0 Å². The summed E-state index contributed by atoms with van der Waals surface area (Å²) in [5.41, 5.74) is 2.02. The van der Waals surface area contributed by atoms with Gasteiger partial charge in [0.25, 0.3) is 5.88 Å². The molecular weight excluding hydrogens is 232 g/mol. The normalized spacial score (nSPS) is 12.3.